The van der Waals surface area contributed by atoms with Gasteiger partial charge in [-0.3, -0.25) is 0 Å². The zero-order valence-electron chi connectivity index (χ0n) is 64.0. The Hall–Kier alpha value is -7.56. The fourth-order valence-corrected chi connectivity index (χ4v) is 19.9. The molecule has 4 fully saturated rings. The van der Waals surface area contributed by atoms with Gasteiger partial charge < -0.3 is 18.9 Å². The lowest BCUT2D eigenvalue weighted by Crippen LogP contribution is -2.13. The van der Waals surface area contributed by atoms with E-state index in [1.54, 1.807) is 0 Å². The Morgan fingerprint density at radius 3 is 0.933 bits per heavy atom. The zero-order valence-corrected chi connectivity index (χ0v) is 64.0. The van der Waals surface area contributed by atoms with E-state index in [1.165, 1.54) is 231 Å². The summed E-state index contributed by atoms with van der Waals surface area (Å²) in [5.74, 6) is 10.00. The molecule has 4 aliphatic rings. The van der Waals surface area contributed by atoms with Crippen LogP contribution in [0.4, 0.5) is 0 Å². The van der Waals surface area contributed by atoms with Gasteiger partial charge in [0.15, 0.2) is 0 Å². The molecule has 10 aromatic carbocycles. The summed E-state index contributed by atoms with van der Waals surface area (Å²) in [7, 11) is 0. The summed E-state index contributed by atoms with van der Waals surface area (Å²) in [5.41, 5.74) is 12.9. The van der Waals surface area contributed by atoms with Crippen molar-refractivity contribution in [2.45, 2.75) is 257 Å². The van der Waals surface area contributed by atoms with Crippen LogP contribution < -0.4 is 18.9 Å². The Bertz CT molecular complexity index is 4060. The molecule has 4 nitrogen and oxygen atoms in total. The van der Waals surface area contributed by atoms with Crippen molar-refractivity contribution in [1.82, 2.24) is 0 Å². The number of rotatable bonds is 33. The summed E-state index contributed by atoms with van der Waals surface area (Å²) in [4.78, 5) is 0. The number of unbranched alkanes of at least 4 members (excludes halogenated alkanes) is 6. The minimum Gasteiger partial charge on any atom is -0.493 e. The minimum absolute atomic E-state index is 0.603. The van der Waals surface area contributed by atoms with Crippen LogP contribution >= 0.6 is 0 Å². The normalized spacial score (nSPS) is 20.8. The lowest BCUT2D eigenvalue weighted by molar-refractivity contribution is 0.288. The molecule has 0 heterocycles. The number of benzene rings is 10. The van der Waals surface area contributed by atoms with Crippen LogP contribution in [0.2, 0.25) is 0 Å². The van der Waals surface area contributed by atoms with Gasteiger partial charge in [-0.2, -0.15) is 0 Å². The van der Waals surface area contributed by atoms with Gasteiger partial charge in [0.1, 0.15) is 23.0 Å². The van der Waals surface area contributed by atoms with E-state index in [0.717, 1.165) is 120 Å². The van der Waals surface area contributed by atoms with E-state index in [1.807, 2.05) is 0 Å². The molecule has 0 atom stereocenters. The van der Waals surface area contributed by atoms with Crippen molar-refractivity contribution in [3.63, 3.8) is 0 Å². The van der Waals surface area contributed by atoms with Crippen molar-refractivity contribution in [3.05, 3.63) is 204 Å². The SMILES string of the molecule is CCCC1CCC(c2ccc(-c3cc4ccccc4c(-c4c(OCCCCCCOc5cccc6c(C7CCC(CCC)CC7)cccc56)c(-c5ccc(C6CCC(CCC)CC6)cc5)cc5ccccc45)c3OCCCCCCOc3cccc4c(C5CCC(CCC)CC5)cccc34)cc2)CC1. The van der Waals surface area contributed by atoms with Crippen molar-refractivity contribution in [2.75, 3.05) is 26.4 Å². The average molecular weight is 1390 g/mol. The Morgan fingerprint density at radius 2 is 0.577 bits per heavy atom. The fraction of sp³-hybridized carbons (Fsp3) is 0.480. The van der Waals surface area contributed by atoms with E-state index < -0.39 is 0 Å². The van der Waals surface area contributed by atoms with Crippen LogP contribution in [0.15, 0.2) is 182 Å². The second-order valence-corrected chi connectivity index (χ2v) is 32.6. The van der Waals surface area contributed by atoms with Gasteiger partial charge in [0.05, 0.1) is 26.4 Å². The van der Waals surface area contributed by atoms with E-state index in [2.05, 4.69) is 210 Å². The third-order valence-corrected chi connectivity index (χ3v) is 25.6. The average Bonchev–Trinajstić information content (AvgIpc) is 0.727. The highest BCUT2D eigenvalue weighted by Gasteiger charge is 2.30. The highest BCUT2D eigenvalue weighted by atomic mass is 16.5. The van der Waals surface area contributed by atoms with Crippen LogP contribution in [0.5, 0.6) is 23.0 Å². The Labute approximate surface area is 625 Å². The molecule has 0 N–H and O–H groups in total. The first-order valence-electron chi connectivity index (χ1n) is 42.3. The van der Waals surface area contributed by atoms with Crippen LogP contribution in [-0.2, 0) is 0 Å². The summed E-state index contributed by atoms with van der Waals surface area (Å²) < 4.78 is 28.6. The van der Waals surface area contributed by atoms with Gasteiger partial charge in [0, 0.05) is 33.0 Å². The second kappa shape index (κ2) is 36.6. The number of ether oxygens (including phenoxy) is 4. The molecule has 0 bridgehead atoms. The monoisotopic (exact) mass is 1390 g/mol. The first kappa shape index (κ1) is 73.3. The van der Waals surface area contributed by atoms with Crippen LogP contribution in [0.25, 0.3) is 76.5 Å². The molecule has 0 aliphatic heterocycles. The molecule has 14 rings (SSSR count). The smallest absolute Gasteiger partial charge is 0.135 e. The van der Waals surface area contributed by atoms with Gasteiger partial charge in [0.25, 0.3) is 0 Å². The molecule has 0 radical (unpaired) electrons. The molecular formula is C100H122O4. The second-order valence-electron chi connectivity index (χ2n) is 32.6. The fourth-order valence-electron chi connectivity index (χ4n) is 19.9. The standard InChI is InChI=1S/C100H122O4/c1-5-25-71-41-49-75(50-42-71)77-57-61-81(62-58-77)93-69-83-29-13-15-31-87(83)97(99(93)103-67-19-11-9-17-65-101-95-39-23-35-89-85(33-21-37-91(89)95)79-53-45-73(27-7-3)46-54-79)98-88-32-16-14-30-84(88)70-94(82-63-59-78(60-64-82)76-51-43-72(26-6-2)44-52-76)100(98)104-68-20-12-10-18-66-102-96-40-24-36-90-86(34-22-38-92(90)96)80-55-47-74(28-8-4)48-56-80/h13-16,21-24,29-40,57-64,69-76,79-80H,5-12,17-20,25-28,41-56,65-68H2,1-4H3. The lowest BCUT2D eigenvalue weighted by Gasteiger charge is -2.29. The Kier molecular flexibility index (Phi) is 25.8. The van der Waals surface area contributed by atoms with E-state index in [0.29, 0.717) is 50.1 Å². The van der Waals surface area contributed by atoms with Crippen molar-refractivity contribution < 1.29 is 18.9 Å². The maximum absolute atomic E-state index is 7.61. The summed E-state index contributed by atoms with van der Waals surface area (Å²) in [6.45, 7) is 12.0. The molecule has 104 heavy (non-hydrogen) atoms. The van der Waals surface area contributed by atoms with Gasteiger partial charge >= 0.3 is 0 Å². The maximum Gasteiger partial charge on any atom is 0.135 e. The Morgan fingerprint density at radius 1 is 0.269 bits per heavy atom. The minimum atomic E-state index is 0.603. The van der Waals surface area contributed by atoms with Crippen molar-refractivity contribution in [3.8, 4) is 56.4 Å². The van der Waals surface area contributed by atoms with Crippen molar-refractivity contribution in [1.29, 1.82) is 0 Å². The predicted molar refractivity (Wildman–Crippen MR) is 443 cm³/mol. The molecular weight excluding hydrogens is 1270 g/mol. The molecule has 0 spiro atoms. The van der Waals surface area contributed by atoms with Gasteiger partial charge in [-0.25, -0.2) is 0 Å². The third kappa shape index (κ3) is 17.6. The van der Waals surface area contributed by atoms with Crippen LogP contribution in [0, 0.1) is 23.7 Å². The number of hydrogen-bond acceptors (Lipinski definition) is 4. The quantitative estimate of drug-likeness (QED) is 0.0384. The summed E-state index contributed by atoms with van der Waals surface area (Å²) in [6.07, 6.45) is 39.9. The molecule has 0 amide bonds. The van der Waals surface area contributed by atoms with E-state index in [4.69, 9.17) is 18.9 Å². The van der Waals surface area contributed by atoms with E-state index >= 15 is 0 Å². The van der Waals surface area contributed by atoms with Gasteiger partial charge in [0.2, 0.25) is 0 Å². The van der Waals surface area contributed by atoms with Crippen LogP contribution in [0.3, 0.4) is 0 Å². The predicted octanol–water partition coefficient (Wildman–Crippen LogP) is 29.6. The molecule has 546 valence electrons. The Balaban J connectivity index is 0.741. The highest BCUT2D eigenvalue weighted by molar-refractivity contribution is 6.14. The number of fused-ring (bicyclic) bond motifs is 4. The largest absolute Gasteiger partial charge is 0.493 e. The van der Waals surface area contributed by atoms with E-state index in [-0.39, 0.29) is 0 Å². The third-order valence-electron chi connectivity index (χ3n) is 25.6. The molecule has 4 saturated carbocycles. The maximum atomic E-state index is 7.61. The molecule has 0 unspecified atom stereocenters. The zero-order chi connectivity index (χ0) is 70.8. The molecule has 10 aromatic rings. The number of hydrogen-bond donors (Lipinski definition) is 0. The molecule has 0 aromatic heterocycles. The first-order valence-corrected chi connectivity index (χ1v) is 42.3. The van der Waals surface area contributed by atoms with E-state index in [9.17, 15) is 0 Å². The molecule has 4 heteroatoms. The van der Waals surface area contributed by atoms with Crippen LogP contribution in [0.1, 0.15) is 279 Å². The highest BCUT2D eigenvalue weighted by Crippen LogP contribution is 2.54. The summed E-state index contributed by atoms with van der Waals surface area (Å²) >= 11 is 0. The van der Waals surface area contributed by atoms with Gasteiger partial charge in [-0.15, -0.1) is 0 Å². The molecule has 0 saturated heterocycles. The summed E-state index contributed by atoms with van der Waals surface area (Å²) in [6, 6.07) is 69.8. The van der Waals surface area contributed by atoms with Crippen molar-refractivity contribution >= 4 is 43.1 Å². The lowest BCUT2D eigenvalue weighted by atomic mass is 9.76. The van der Waals surface area contributed by atoms with Gasteiger partial charge in [-0.1, -0.05) is 237 Å². The van der Waals surface area contributed by atoms with Crippen molar-refractivity contribution in [2.24, 2.45) is 23.7 Å². The molecule has 4 aliphatic carbocycles. The first-order chi connectivity index (χ1) is 51.4. The topological polar surface area (TPSA) is 36.9 Å². The summed E-state index contributed by atoms with van der Waals surface area (Å²) in [5, 5.41) is 10.1. The van der Waals surface area contributed by atoms with Crippen LogP contribution in [-0.4, -0.2) is 26.4 Å². The van der Waals surface area contributed by atoms with Gasteiger partial charge in [-0.05, 0) is 291 Å².